The second-order valence-corrected chi connectivity index (χ2v) is 11.3. The Bertz CT molecular complexity index is 1300. The van der Waals surface area contributed by atoms with Gasteiger partial charge in [0.25, 0.3) is 0 Å². The Morgan fingerprint density at radius 3 is 2.67 bits per heavy atom. The molecule has 3 aromatic rings. The average molecular weight is 515 g/mol. The lowest BCUT2D eigenvalue weighted by molar-refractivity contribution is -0.125. The van der Waals surface area contributed by atoms with Gasteiger partial charge in [0, 0.05) is 43.0 Å². The van der Waals surface area contributed by atoms with Crippen LogP contribution in [0.25, 0.3) is 11.4 Å². The van der Waals surface area contributed by atoms with Crippen LogP contribution < -0.4 is 5.32 Å². The third kappa shape index (κ3) is 4.66. The van der Waals surface area contributed by atoms with Gasteiger partial charge in [-0.25, -0.2) is 8.42 Å². The molecule has 1 saturated carbocycles. The lowest BCUT2D eigenvalue weighted by atomic mass is 10.0. The molecular weight excluding hydrogens is 484 g/mol. The summed E-state index contributed by atoms with van der Waals surface area (Å²) < 4.78 is 40.2. The third-order valence-electron chi connectivity index (χ3n) is 7.09. The van der Waals surface area contributed by atoms with Crippen LogP contribution in [0.15, 0.2) is 38.5 Å². The molecule has 5 rings (SSSR count). The fourth-order valence-electron chi connectivity index (χ4n) is 5.34. The molecule has 1 amide bonds. The van der Waals surface area contributed by atoms with E-state index in [1.54, 1.807) is 32.3 Å². The first kappa shape index (κ1) is 24.6. The summed E-state index contributed by atoms with van der Waals surface area (Å²) in [4.78, 5) is 22.0. The van der Waals surface area contributed by atoms with Gasteiger partial charge in [-0.3, -0.25) is 9.78 Å². The molecule has 11 nitrogen and oxygen atoms in total. The minimum Gasteiger partial charge on any atom is -0.360 e. The molecule has 0 radical (unpaired) electrons. The molecule has 3 atom stereocenters. The number of aromatic nitrogens is 4. The predicted octanol–water partition coefficient (Wildman–Crippen LogP) is 2.98. The van der Waals surface area contributed by atoms with Crippen molar-refractivity contribution in [1.29, 1.82) is 0 Å². The van der Waals surface area contributed by atoms with Crippen molar-refractivity contribution in [2.75, 3.05) is 13.1 Å². The monoisotopic (exact) mass is 514 g/mol. The Kier molecular flexibility index (Phi) is 6.89. The second-order valence-electron chi connectivity index (χ2n) is 9.51. The number of sulfonamides is 1. The summed E-state index contributed by atoms with van der Waals surface area (Å²) in [6.07, 6.45) is 7.50. The van der Waals surface area contributed by atoms with Crippen molar-refractivity contribution < 1.29 is 22.3 Å². The quantitative estimate of drug-likeness (QED) is 0.555. The minimum atomic E-state index is -3.96. The van der Waals surface area contributed by atoms with Crippen LogP contribution in [0.5, 0.6) is 0 Å². The number of pyridine rings is 1. The van der Waals surface area contributed by atoms with Crippen molar-refractivity contribution in [1.82, 2.24) is 29.9 Å². The van der Waals surface area contributed by atoms with Crippen molar-refractivity contribution in [3.05, 3.63) is 41.9 Å². The van der Waals surface area contributed by atoms with Gasteiger partial charge in [-0.1, -0.05) is 23.2 Å². The summed E-state index contributed by atoms with van der Waals surface area (Å²) >= 11 is 0. The maximum Gasteiger partial charge on any atom is 0.248 e. The minimum absolute atomic E-state index is 0.0802. The van der Waals surface area contributed by atoms with Crippen LogP contribution in [0.1, 0.15) is 61.8 Å². The fourth-order valence-corrected chi connectivity index (χ4v) is 7.35. The molecule has 3 aromatic heterocycles. The molecule has 4 heterocycles. The van der Waals surface area contributed by atoms with Crippen LogP contribution >= 0.6 is 0 Å². The first-order valence-electron chi connectivity index (χ1n) is 12.3. The molecule has 1 aliphatic carbocycles. The summed E-state index contributed by atoms with van der Waals surface area (Å²) in [5.74, 6) is 0.116. The topological polar surface area (TPSA) is 144 Å². The number of fused-ring (bicyclic) bond motifs is 1. The maximum absolute atomic E-state index is 14.0. The van der Waals surface area contributed by atoms with Crippen LogP contribution in [0.2, 0.25) is 0 Å². The van der Waals surface area contributed by atoms with Gasteiger partial charge in [0.2, 0.25) is 27.6 Å². The van der Waals surface area contributed by atoms with Gasteiger partial charge in [0.05, 0.1) is 5.92 Å². The van der Waals surface area contributed by atoms with Gasteiger partial charge in [-0.2, -0.15) is 9.29 Å². The van der Waals surface area contributed by atoms with Gasteiger partial charge >= 0.3 is 0 Å². The summed E-state index contributed by atoms with van der Waals surface area (Å²) in [6.45, 7) is 4.11. The maximum atomic E-state index is 14.0. The Labute approximate surface area is 209 Å². The van der Waals surface area contributed by atoms with Crippen molar-refractivity contribution in [3.63, 3.8) is 0 Å². The predicted molar refractivity (Wildman–Crippen MR) is 128 cm³/mol. The molecule has 1 aliphatic heterocycles. The molecule has 12 heteroatoms. The van der Waals surface area contributed by atoms with E-state index in [2.05, 4.69) is 25.6 Å². The van der Waals surface area contributed by atoms with E-state index in [-0.39, 0.29) is 22.5 Å². The summed E-state index contributed by atoms with van der Waals surface area (Å²) in [5, 5.41) is 11.0. The molecule has 1 saturated heterocycles. The van der Waals surface area contributed by atoms with Gasteiger partial charge in [0.15, 0.2) is 5.76 Å². The standard InChI is InChI=1S/C24H30N6O5S/c1-15-21(16(2)34-28-15)36(32,33)30-11-6-4-3-5-10-26-23(31)19-12-18(13-20(19)30)24-27-22(29-35-24)17-8-7-9-25-14-17/h7-9,14,18-20H,3-6,10-13H2,1-2H3,(H,26,31). The van der Waals surface area contributed by atoms with E-state index in [1.165, 1.54) is 4.31 Å². The second kappa shape index (κ2) is 10.1. The van der Waals surface area contributed by atoms with Crippen molar-refractivity contribution in [3.8, 4) is 11.4 Å². The fraction of sp³-hybridized carbons (Fsp3) is 0.542. The zero-order chi connectivity index (χ0) is 25.3. The highest BCUT2D eigenvalue weighted by atomic mass is 32.2. The summed E-state index contributed by atoms with van der Waals surface area (Å²) in [6, 6.07) is 3.07. The number of nitrogens with one attached hydrogen (secondary N) is 1. The Morgan fingerprint density at radius 2 is 1.92 bits per heavy atom. The highest BCUT2D eigenvalue weighted by Crippen LogP contribution is 2.43. The van der Waals surface area contributed by atoms with Gasteiger partial charge in [0.1, 0.15) is 10.6 Å². The van der Waals surface area contributed by atoms with E-state index < -0.39 is 22.0 Å². The first-order chi connectivity index (χ1) is 17.4. The van der Waals surface area contributed by atoms with E-state index in [4.69, 9.17) is 9.05 Å². The van der Waals surface area contributed by atoms with Crippen LogP contribution in [-0.4, -0.2) is 58.0 Å². The van der Waals surface area contributed by atoms with Crippen molar-refractivity contribution >= 4 is 15.9 Å². The van der Waals surface area contributed by atoms with E-state index in [0.717, 1.165) is 24.8 Å². The number of carbonyl (C=O) groups is 1. The largest absolute Gasteiger partial charge is 0.360 e. The third-order valence-corrected chi connectivity index (χ3v) is 9.25. The molecule has 1 N–H and O–H groups in total. The summed E-state index contributed by atoms with van der Waals surface area (Å²) in [5.41, 5.74) is 1.04. The molecule has 0 bridgehead atoms. The number of hydrogen-bond acceptors (Lipinski definition) is 9. The molecule has 0 aromatic carbocycles. The number of nitrogens with zero attached hydrogens (tertiary/aromatic N) is 5. The number of hydrogen-bond donors (Lipinski definition) is 1. The first-order valence-corrected chi connectivity index (χ1v) is 13.8. The van der Waals surface area contributed by atoms with Crippen molar-refractivity contribution in [2.45, 2.75) is 69.2 Å². The van der Waals surface area contributed by atoms with E-state index in [0.29, 0.717) is 49.8 Å². The smallest absolute Gasteiger partial charge is 0.248 e. The number of rotatable bonds is 4. The van der Waals surface area contributed by atoms with Crippen molar-refractivity contribution in [2.24, 2.45) is 5.92 Å². The number of amides is 1. The summed E-state index contributed by atoms with van der Waals surface area (Å²) in [7, 11) is -3.96. The highest BCUT2D eigenvalue weighted by Gasteiger charge is 2.48. The zero-order valence-electron chi connectivity index (χ0n) is 20.4. The van der Waals surface area contributed by atoms with Gasteiger partial charge in [-0.05, 0) is 51.7 Å². The molecule has 0 spiro atoms. The lowest BCUT2D eigenvalue weighted by Gasteiger charge is -2.31. The average Bonchev–Trinajstić information content (AvgIpc) is 3.59. The molecular formula is C24H30N6O5S. The normalized spacial score (nSPS) is 24.2. The molecule has 2 fully saturated rings. The molecule has 36 heavy (non-hydrogen) atoms. The Morgan fingerprint density at radius 1 is 1.08 bits per heavy atom. The lowest BCUT2D eigenvalue weighted by Crippen LogP contribution is -2.47. The van der Waals surface area contributed by atoms with Gasteiger partial charge in [-0.15, -0.1) is 0 Å². The highest BCUT2D eigenvalue weighted by molar-refractivity contribution is 7.89. The van der Waals surface area contributed by atoms with Crippen LogP contribution in [0.4, 0.5) is 0 Å². The Balaban J connectivity index is 1.50. The SMILES string of the molecule is Cc1noc(C)c1S(=O)(=O)N1CCCCCCNC(=O)C2CC(c3nc(-c4cccnc4)no3)CC21. The van der Waals surface area contributed by atoms with Crippen LogP contribution in [0, 0.1) is 19.8 Å². The number of aryl methyl sites for hydroxylation is 2. The van der Waals surface area contributed by atoms with Crippen LogP contribution in [-0.2, 0) is 14.8 Å². The van der Waals surface area contributed by atoms with Gasteiger partial charge < -0.3 is 14.4 Å². The molecule has 2 aliphatic rings. The van der Waals surface area contributed by atoms with E-state index >= 15 is 0 Å². The molecule has 192 valence electrons. The zero-order valence-corrected chi connectivity index (χ0v) is 21.2. The van der Waals surface area contributed by atoms with Crippen LogP contribution in [0.3, 0.4) is 0 Å². The van der Waals surface area contributed by atoms with E-state index in [9.17, 15) is 13.2 Å². The number of carbonyl (C=O) groups excluding carboxylic acids is 1. The van der Waals surface area contributed by atoms with E-state index in [1.807, 2.05) is 6.07 Å². The molecule has 3 unspecified atom stereocenters. The Hall–Kier alpha value is -3.12.